The van der Waals surface area contributed by atoms with E-state index in [0.29, 0.717) is 30.6 Å². The lowest BCUT2D eigenvalue weighted by Gasteiger charge is -2.27. The van der Waals surface area contributed by atoms with Crippen LogP contribution in [-0.2, 0) is 16.1 Å². The van der Waals surface area contributed by atoms with E-state index in [2.05, 4.69) is 28.3 Å². The van der Waals surface area contributed by atoms with Gasteiger partial charge in [-0.2, -0.15) is 0 Å². The van der Waals surface area contributed by atoms with E-state index in [1.54, 1.807) is 29.2 Å². The molecule has 1 amide bonds. The number of carbonyl (C=O) groups is 1. The number of aromatic nitrogens is 3. The molecule has 1 aromatic heterocycles. The SMILES string of the molecule is C=CCN(CC=C)C(=O)CSc1nnc(-c2ccc(F)cc2)n1CCN1CCOCC1. The summed E-state index contributed by atoms with van der Waals surface area (Å²) in [6.45, 7) is 13.1. The van der Waals surface area contributed by atoms with Crippen LogP contribution in [0.2, 0.25) is 0 Å². The van der Waals surface area contributed by atoms with Crippen LogP contribution in [0.5, 0.6) is 0 Å². The van der Waals surface area contributed by atoms with Crippen molar-refractivity contribution in [3.8, 4) is 11.4 Å². The summed E-state index contributed by atoms with van der Waals surface area (Å²) in [6.07, 6.45) is 3.40. The van der Waals surface area contributed by atoms with E-state index in [-0.39, 0.29) is 17.5 Å². The van der Waals surface area contributed by atoms with Gasteiger partial charge in [-0.25, -0.2) is 4.39 Å². The molecular formula is C22H28FN5O2S. The average Bonchev–Trinajstić information content (AvgIpc) is 3.20. The quantitative estimate of drug-likeness (QED) is 0.392. The predicted octanol–water partition coefficient (Wildman–Crippen LogP) is 2.71. The van der Waals surface area contributed by atoms with Crippen LogP contribution in [0.3, 0.4) is 0 Å². The van der Waals surface area contributed by atoms with Gasteiger partial charge in [0.05, 0.1) is 19.0 Å². The van der Waals surface area contributed by atoms with E-state index in [1.165, 1.54) is 23.9 Å². The van der Waals surface area contributed by atoms with Gasteiger partial charge in [-0.3, -0.25) is 9.69 Å². The second-order valence-corrected chi connectivity index (χ2v) is 8.03. The second-order valence-electron chi connectivity index (χ2n) is 7.08. The summed E-state index contributed by atoms with van der Waals surface area (Å²) in [5, 5.41) is 9.34. The van der Waals surface area contributed by atoms with Gasteiger partial charge >= 0.3 is 0 Å². The molecule has 1 aliphatic rings. The fraction of sp³-hybridized carbons (Fsp3) is 0.409. The number of morpholine rings is 1. The minimum absolute atomic E-state index is 0.0177. The fourth-order valence-corrected chi connectivity index (χ4v) is 4.15. The highest BCUT2D eigenvalue weighted by Crippen LogP contribution is 2.24. The van der Waals surface area contributed by atoms with Gasteiger partial charge in [-0.15, -0.1) is 23.4 Å². The van der Waals surface area contributed by atoms with Crippen molar-refractivity contribution in [3.63, 3.8) is 0 Å². The maximum atomic E-state index is 13.4. The van der Waals surface area contributed by atoms with Crippen LogP contribution in [0.1, 0.15) is 0 Å². The van der Waals surface area contributed by atoms with Gasteiger partial charge in [0, 0.05) is 44.8 Å². The molecule has 0 bridgehead atoms. The Balaban J connectivity index is 1.76. The van der Waals surface area contributed by atoms with Gasteiger partial charge in [-0.05, 0) is 24.3 Å². The predicted molar refractivity (Wildman–Crippen MR) is 120 cm³/mol. The minimum Gasteiger partial charge on any atom is -0.379 e. The zero-order valence-corrected chi connectivity index (χ0v) is 18.4. The lowest BCUT2D eigenvalue weighted by molar-refractivity contribution is -0.127. The fourth-order valence-electron chi connectivity index (χ4n) is 3.28. The topological polar surface area (TPSA) is 63.5 Å². The number of nitrogens with zero attached hydrogens (tertiary/aromatic N) is 5. The lowest BCUT2D eigenvalue weighted by Crippen LogP contribution is -2.38. The van der Waals surface area contributed by atoms with E-state index < -0.39 is 0 Å². The number of halogens is 1. The molecule has 2 heterocycles. The van der Waals surface area contributed by atoms with Gasteiger partial charge in [0.25, 0.3) is 0 Å². The van der Waals surface area contributed by atoms with Crippen LogP contribution in [0, 0.1) is 5.82 Å². The molecule has 0 atom stereocenters. The van der Waals surface area contributed by atoms with Crippen molar-refractivity contribution >= 4 is 17.7 Å². The molecule has 1 saturated heterocycles. The summed E-state index contributed by atoms with van der Waals surface area (Å²) in [5.74, 6) is 0.585. The van der Waals surface area contributed by atoms with Gasteiger partial charge in [-0.1, -0.05) is 23.9 Å². The van der Waals surface area contributed by atoms with Crippen molar-refractivity contribution in [2.45, 2.75) is 11.7 Å². The van der Waals surface area contributed by atoms with Crippen LogP contribution >= 0.6 is 11.8 Å². The summed E-state index contributed by atoms with van der Waals surface area (Å²) in [4.78, 5) is 16.6. The molecule has 2 aromatic rings. The average molecular weight is 446 g/mol. The first-order valence-corrected chi connectivity index (χ1v) is 11.2. The summed E-state index contributed by atoms with van der Waals surface area (Å²) in [7, 11) is 0. The number of amides is 1. The van der Waals surface area contributed by atoms with E-state index in [1.807, 2.05) is 4.57 Å². The normalized spacial score (nSPS) is 14.4. The molecule has 31 heavy (non-hydrogen) atoms. The van der Waals surface area contributed by atoms with Crippen LogP contribution in [-0.4, -0.2) is 82.2 Å². The third kappa shape index (κ3) is 6.49. The summed E-state index contributed by atoms with van der Waals surface area (Å²) in [6, 6.07) is 6.21. The first-order chi connectivity index (χ1) is 15.1. The molecule has 3 rings (SSSR count). The van der Waals surface area contributed by atoms with Gasteiger partial charge in [0.15, 0.2) is 11.0 Å². The molecule has 0 N–H and O–H groups in total. The number of hydrogen-bond acceptors (Lipinski definition) is 6. The monoisotopic (exact) mass is 445 g/mol. The number of thioether (sulfide) groups is 1. The first kappa shape index (κ1) is 23.2. The third-order valence-electron chi connectivity index (χ3n) is 4.94. The van der Waals surface area contributed by atoms with Crippen LogP contribution in [0.25, 0.3) is 11.4 Å². The lowest BCUT2D eigenvalue weighted by atomic mass is 10.2. The standard InChI is InChI=1S/C22H28FN5O2S/c1-3-9-27(10-4-2)20(29)17-31-22-25-24-21(18-5-7-19(23)8-6-18)28(22)12-11-26-13-15-30-16-14-26/h3-8H,1-2,9-17H2. The highest BCUT2D eigenvalue weighted by atomic mass is 32.2. The van der Waals surface area contributed by atoms with Crippen molar-refractivity contribution in [2.75, 3.05) is 51.7 Å². The van der Waals surface area contributed by atoms with Crippen molar-refractivity contribution < 1.29 is 13.9 Å². The number of benzene rings is 1. The molecule has 0 saturated carbocycles. The highest BCUT2D eigenvalue weighted by molar-refractivity contribution is 7.99. The zero-order chi connectivity index (χ0) is 22.1. The van der Waals surface area contributed by atoms with Gasteiger partial charge < -0.3 is 14.2 Å². The smallest absolute Gasteiger partial charge is 0.233 e. The van der Waals surface area contributed by atoms with Crippen LogP contribution in [0.15, 0.2) is 54.7 Å². The molecule has 0 spiro atoms. The molecular weight excluding hydrogens is 417 g/mol. The Labute approximate surface area is 186 Å². The second kappa shape index (κ2) is 11.8. The Morgan fingerprint density at radius 2 is 1.81 bits per heavy atom. The molecule has 1 aromatic carbocycles. The molecule has 0 aliphatic carbocycles. The van der Waals surface area contributed by atoms with E-state index >= 15 is 0 Å². The molecule has 1 aliphatic heterocycles. The Kier molecular flexibility index (Phi) is 8.81. The molecule has 7 nitrogen and oxygen atoms in total. The zero-order valence-electron chi connectivity index (χ0n) is 17.6. The molecule has 0 radical (unpaired) electrons. The van der Waals surface area contributed by atoms with E-state index in [0.717, 1.165) is 38.4 Å². The minimum atomic E-state index is -0.298. The number of hydrogen-bond donors (Lipinski definition) is 0. The van der Waals surface area contributed by atoms with E-state index in [9.17, 15) is 9.18 Å². The van der Waals surface area contributed by atoms with Crippen LogP contribution in [0.4, 0.5) is 4.39 Å². The largest absolute Gasteiger partial charge is 0.379 e. The molecule has 0 unspecified atom stereocenters. The van der Waals surface area contributed by atoms with Gasteiger partial charge in [0.2, 0.25) is 5.91 Å². The van der Waals surface area contributed by atoms with Crippen LogP contribution < -0.4 is 0 Å². The molecule has 166 valence electrons. The third-order valence-corrected chi connectivity index (χ3v) is 5.89. The summed E-state index contributed by atoms with van der Waals surface area (Å²) in [5.41, 5.74) is 0.786. The van der Waals surface area contributed by atoms with Crippen molar-refractivity contribution in [1.29, 1.82) is 0 Å². The number of ether oxygens (including phenoxy) is 1. The molecule has 9 heteroatoms. The summed E-state index contributed by atoms with van der Waals surface area (Å²) < 4.78 is 20.8. The Morgan fingerprint density at radius 1 is 1.13 bits per heavy atom. The van der Waals surface area contributed by atoms with Crippen molar-refractivity contribution in [1.82, 2.24) is 24.6 Å². The Hall–Kier alpha value is -2.49. The Morgan fingerprint density at radius 3 is 2.45 bits per heavy atom. The van der Waals surface area contributed by atoms with Crippen molar-refractivity contribution in [3.05, 3.63) is 55.4 Å². The molecule has 1 fully saturated rings. The van der Waals surface area contributed by atoms with Gasteiger partial charge in [0.1, 0.15) is 5.82 Å². The number of carbonyl (C=O) groups excluding carboxylic acids is 1. The number of rotatable bonds is 11. The Bertz CT molecular complexity index is 871. The first-order valence-electron chi connectivity index (χ1n) is 10.2. The highest BCUT2D eigenvalue weighted by Gasteiger charge is 2.19. The maximum Gasteiger partial charge on any atom is 0.233 e. The maximum absolute atomic E-state index is 13.4. The van der Waals surface area contributed by atoms with Crippen molar-refractivity contribution in [2.24, 2.45) is 0 Å². The summed E-state index contributed by atoms with van der Waals surface area (Å²) >= 11 is 1.35. The van der Waals surface area contributed by atoms with E-state index in [4.69, 9.17) is 4.74 Å².